The Hall–Kier alpha value is -0.620. The molecule has 6 heteroatoms. The fraction of sp³-hybridized carbons (Fsp3) is 0.917. The summed E-state index contributed by atoms with van der Waals surface area (Å²) in [7, 11) is -2.71. The van der Waals surface area contributed by atoms with Gasteiger partial charge in [-0.2, -0.15) is 0 Å². The van der Waals surface area contributed by atoms with Gasteiger partial charge in [0.1, 0.15) is 5.54 Å². The molecule has 2 atom stereocenters. The van der Waals surface area contributed by atoms with Gasteiger partial charge in [-0.3, -0.25) is 9.57 Å². The highest BCUT2D eigenvalue weighted by Crippen LogP contribution is 2.31. The van der Waals surface area contributed by atoms with Crippen molar-refractivity contribution in [1.82, 2.24) is 0 Å². The van der Waals surface area contributed by atoms with Crippen molar-refractivity contribution in [2.75, 3.05) is 11.5 Å². The number of carbonyl (C=O) groups is 1. The van der Waals surface area contributed by atoms with E-state index in [4.69, 9.17) is 10.5 Å². The number of rotatable bonds is 7. The summed E-state index contributed by atoms with van der Waals surface area (Å²) in [5.74, 6) is -0.725. The van der Waals surface area contributed by atoms with Crippen LogP contribution in [0.3, 0.4) is 0 Å². The zero-order valence-electron chi connectivity index (χ0n) is 11.8. The Morgan fingerprint density at radius 1 is 1.33 bits per heavy atom. The minimum absolute atomic E-state index is 0.0487. The smallest absolute Gasteiger partial charge is 0.324 e. The first-order chi connectivity index (χ1) is 7.96. The van der Waals surface area contributed by atoms with Crippen LogP contribution in [-0.2, 0) is 14.5 Å². The second-order valence-electron chi connectivity index (χ2n) is 5.85. The third-order valence-corrected chi connectivity index (χ3v) is 5.19. The lowest BCUT2D eigenvalue weighted by atomic mass is 9.72. The van der Waals surface area contributed by atoms with E-state index in [1.165, 1.54) is 0 Å². The van der Waals surface area contributed by atoms with Crippen LogP contribution in [0, 0.1) is 10.2 Å². The monoisotopic (exact) mass is 278 g/mol. The number of hydrogen-bond donors (Lipinski definition) is 3. The largest absolute Gasteiger partial charge is 0.480 e. The van der Waals surface area contributed by atoms with Gasteiger partial charge < -0.3 is 10.8 Å². The first-order valence-electron chi connectivity index (χ1n) is 6.23. The number of carboxylic acid groups (broad SMARTS) is 1. The van der Waals surface area contributed by atoms with Gasteiger partial charge in [0.05, 0.1) is 0 Å². The molecule has 0 saturated heterocycles. The summed E-state index contributed by atoms with van der Waals surface area (Å²) in [6.45, 7) is 7.21. The number of unbranched alkanes of at least 4 members (excludes halogenated alkanes) is 1. The topological polar surface area (TPSA) is 104 Å². The number of hydrogen-bond acceptors (Lipinski definition) is 4. The Bertz CT molecular complexity index is 385. The Morgan fingerprint density at radius 3 is 2.17 bits per heavy atom. The molecule has 0 bridgehead atoms. The molecule has 0 amide bonds. The maximum Gasteiger partial charge on any atom is 0.324 e. The van der Waals surface area contributed by atoms with Gasteiger partial charge in [-0.05, 0) is 18.3 Å². The van der Waals surface area contributed by atoms with E-state index in [-0.39, 0.29) is 12.2 Å². The van der Waals surface area contributed by atoms with Crippen molar-refractivity contribution < 1.29 is 14.1 Å². The number of carboxylic acids is 1. The molecular formula is C12H26N2O3S. The van der Waals surface area contributed by atoms with Gasteiger partial charge in [0.2, 0.25) is 0 Å². The SMILES string of the molecule is CCCCS(=N)(=O)CCC(N)(C(=O)O)C(C)(C)C. The molecule has 5 nitrogen and oxygen atoms in total. The molecule has 0 saturated carbocycles. The van der Waals surface area contributed by atoms with Gasteiger partial charge in [0.15, 0.2) is 0 Å². The van der Waals surface area contributed by atoms with E-state index in [2.05, 4.69) is 0 Å². The zero-order valence-corrected chi connectivity index (χ0v) is 12.6. The minimum atomic E-state index is -2.71. The molecule has 0 aliphatic carbocycles. The lowest BCUT2D eigenvalue weighted by Gasteiger charge is -2.37. The van der Waals surface area contributed by atoms with E-state index < -0.39 is 26.7 Å². The lowest BCUT2D eigenvalue weighted by molar-refractivity contribution is -0.147. The summed E-state index contributed by atoms with van der Waals surface area (Å²) in [4.78, 5) is 11.3. The summed E-state index contributed by atoms with van der Waals surface area (Å²) in [6.07, 6.45) is 1.67. The first kappa shape index (κ1) is 17.4. The van der Waals surface area contributed by atoms with Crippen molar-refractivity contribution in [2.45, 2.75) is 52.5 Å². The molecule has 4 N–H and O–H groups in total. The number of nitrogens with one attached hydrogen (secondary N) is 1. The maximum absolute atomic E-state index is 12.0. The Morgan fingerprint density at radius 2 is 1.83 bits per heavy atom. The molecule has 0 aliphatic heterocycles. The highest BCUT2D eigenvalue weighted by molar-refractivity contribution is 7.92. The van der Waals surface area contributed by atoms with Crippen LogP contribution in [0.25, 0.3) is 0 Å². The Kier molecular flexibility index (Phi) is 5.81. The Balaban J connectivity index is 4.81. The van der Waals surface area contributed by atoms with Crippen LogP contribution in [-0.4, -0.2) is 32.3 Å². The molecule has 0 aromatic carbocycles. The predicted octanol–water partition coefficient (Wildman–Crippen LogP) is 2.05. The number of aliphatic carboxylic acids is 1. The Labute approximate surface area is 110 Å². The van der Waals surface area contributed by atoms with Crippen LogP contribution in [0.2, 0.25) is 0 Å². The van der Waals surface area contributed by atoms with Crippen LogP contribution in [0.5, 0.6) is 0 Å². The predicted molar refractivity (Wildman–Crippen MR) is 74.1 cm³/mol. The third-order valence-electron chi connectivity index (χ3n) is 3.37. The summed E-state index contributed by atoms with van der Waals surface area (Å²) in [5.41, 5.74) is 3.86. The fourth-order valence-electron chi connectivity index (χ4n) is 1.61. The van der Waals surface area contributed by atoms with E-state index in [1.54, 1.807) is 20.8 Å². The van der Waals surface area contributed by atoms with Gasteiger partial charge in [0.25, 0.3) is 0 Å². The minimum Gasteiger partial charge on any atom is -0.480 e. The standard InChI is InChI=1S/C12H26N2O3S/c1-5-6-8-18(14,17)9-7-12(13,10(15)16)11(2,3)4/h14H,5-9,13H2,1-4H3,(H,15,16). The maximum atomic E-state index is 12.0. The molecule has 108 valence electrons. The highest BCUT2D eigenvalue weighted by Gasteiger charge is 2.45. The van der Waals surface area contributed by atoms with Gasteiger partial charge in [-0.1, -0.05) is 34.1 Å². The molecule has 0 aliphatic rings. The highest BCUT2D eigenvalue weighted by atomic mass is 32.2. The van der Waals surface area contributed by atoms with Crippen LogP contribution in [0.4, 0.5) is 0 Å². The van der Waals surface area contributed by atoms with Crippen molar-refractivity contribution in [3.63, 3.8) is 0 Å². The van der Waals surface area contributed by atoms with Crippen molar-refractivity contribution in [1.29, 1.82) is 4.78 Å². The average Bonchev–Trinajstić information content (AvgIpc) is 2.21. The molecule has 18 heavy (non-hydrogen) atoms. The summed E-state index contributed by atoms with van der Waals surface area (Å²) >= 11 is 0. The van der Waals surface area contributed by atoms with E-state index in [0.717, 1.165) is 12.8 Å². The molecule has 0 aromatic rings. The normalized spacial score (nSPS) is 18.9. The van der Waals surface area contributed by atoms with E-state index >= 15 is 0 Å². The molecule has 2 unspecified atom stereocenters. The molecular weight excluding hydrogens is 252 g/mol. The third kappa shape index (κ3) is 4.57. The van der Waals surface area contributed by atoms with Crippen LogP contribution >= 0.6 is 0 Å². The van der Waals surface area contributed by atoms with E-state index in [9.17, 15) is 14.1 Å². The first-order valence-corrected chi connectivity index (χ1v) is 8.12. The molecule has 0 fully saturated rings. The van der Waals surface area contributed by atoms with Crippen LogP contribution in [0.15, 0.2) is 0 Å². The zero-order chi connectivity index (χ0) is 14.6. The quantitative estimate of drug-likeness (QED) is 0.663. The second kappa shape index (κ2) is 6.02. The van der Waals surface area contributed by atoms with Crippen molar-refractivity contribution in [3.8, 4) is 0 Å². The molecule has 0 heterocycles. The summed E-state index contributed by atoms with van der Waals surface area (Å²) in [6, 6.07) is 0. The van der Waals surface area contributed by atoms with Gasteiger partial charge >= 0.3 is 5.97 Å². The average molecular weight is 278 g/mol. The van der Waals surface area contributed by atoms with Crippen LogP contribution < -0.4 is 5.73 Å². The van der Waals surface area contributed by atoms with Gasteiger partial charge in [-0.25, -0.2) is 4.21 Å². The molecule has 0 radical (unpaired) electrons. The van der Waals surface area contributed by atoms with Crippen LogP contribution in [0.1, 0.15) is 47.0 Å². The second-order valence-corrected chi connectivity index (χ2v) is 8.29. The summed E-state index contributed by atoms with van der Waals surface area (Å²) < 4.78 is 19.7. The van der Waals surface area contributed by atoms with Gasteiger partial charge in [-0.15, -0.1) is 0 Å². The number of nitrogens with two attached hydrogens (primary N) is 1. The van der Waals surface area contributed by atoms with E-state index in [1.807, 2.05) is 6.92 Å². The van der Waals surface area contributed by atoms with Crippen molar-refractivity contribution in [3.05, 3.63) is 0 Å². The molecule has 0 aromatic heterocycles. The lowest BCUT2D eigenvalue weighted by Crippen LogP contribution is -2.58. The van der Waals surface area contributed by atoms with E-state index in [0.29, 0.717) is 5.75 Å². The molecule has 0 rings (SSSR count). The van der Waals surface area contributed by atoms with Gasteiger partial charge in [0, 0.05) is 21.2 Å². The summed E-state index contributed by atoms with van der Waals surface area (Å²) in [5, 5.41) is 9.26. The molecule has 0 spiro atoms. The van der Waals surface area contributed by atoms with Crippen molar-refractivity contribution >= 4 is 15.7 Å². The fourth-order valence-corrected chi connectivity index (χ4v) is 3.22. The van der Waals surface area contributed by atoms with Crippen molar-refractivity contribution in [2.24, 2.45) is 11.1 Å².